The lowest BCUT2D eigenvalue weighted by atomic mass is 10.1. The summed E-state index contributed by atoms with van der Waals surface area (Å²) < 4.78 is 26.4. The Hall–Kier alpha value is -3.54. The molecule has 188 valence electrons. The highest BCUT2D eigenvalue weighted by Gasteiger charge is 2.38. The number of amides is 1. The maximum Gasteiger partial charge on any atom is 0.323 e. The Kier molecular flexibility index (Phi) is 7.73. The molecule has 2 aromatic heterocycles. The maximum absolute atomic E-state index is 13.8. The topological polar surface area (TPSA) is 184 Å². The summed E-state index contributed by atoms with van der Waals surface area (Å²) in [7, 11) is -2.52. The van der Waals surface area contributed by atoms with Crippen LogP contribution >= 0.6 is 7.44 Å². The number of carbonyl (C=O) groups excluding carboxylic acids is 1. The van der Waals surface area contributed by atoms with E-state index in [1.165, 1.54) is 39.7 Å². The van der Waals surface area contributed by atoms with E-state index in [-0.39, 0.29) is 23.7 Å². The number of methoxy groups -OCH3 is 1. The fraction of sp³-hybridized carbons (Fsp3) is 0.381. The van der Waals surface area contributed by atoms with Crippen LogP contribution in [0.15, 0.2) is 36.9 Å². The molecular weight excluding hydrogens is 477 g/mol. The molecular formula is C21H28N7O6P. The molecule has 2 atom stereocenters. The third-order valence-electron chi connectivity index (χ3n) is 5.05. The molecule has 35 heavy (non-hydrogen) atoms. The molecule has 1 amide bonds. The summed E-state index contributed by atoms with van der Waals surface area (Å²) in [6, 6.07) is 6.40. The van der Waals surface area contributed by atoms with Crippen LogP contribution < -0.4 is 20.6 Å². The summed E-state index contributed by atoms with van der Waals surface area (Å²) in [6.07, 6.45) is 1.86. The summed E-state index contributed by atoms with van der Waals surface area (Å²) >= 11 is 0. The summed E-state index contributed by atoms with van der Waals surface area (Å²) in [5.74, 6) is -1.44. The van der Waals surface area contributed by atoms with Crippen molar-refractivity contribution in [2.45, 2.75) is 39.0 Å². The van der Waals surface area contributed by atoms with E-state index in [9.17, 15) is 19.3 Å². The van der Waals surface area contributed by atoms with E-state index in [2.05, 4.69) is 25.1 Å². The molecule has 14 heteroatoms. The van der Waals surface area contributed by atoms with Gasteiger partial charge in [-0.1, -0.05) is 12.1 Å². The number of aliphatic carboxylic acids is 1. The molecule has 0 aliphatic rings. The van der Waals surface area contributed by atoms with Gasteiger partial charge in [-0.3, -0.25) is 19.2 Å². The Balaban J connectivity index is 1.78. The minimum atomic E-state index is -3.93. The van der Waals surface area contributed by atoms with Gasteiger partial charge < -0.3 is 24.9 Å². The van der Waals surface area contributed by atoms with E-state index in [0.29, 0.717) is 11.2 Å². The molecule has 3 rings (SSSR count). The first-order valence-electron chi connectivity index (χ1n) is 10.6. The predicted octanol–water partition coefficient (Wildman–Crippen LogP) is 1.86. The highest BCUT2D eigenvalue weighted by atomic mass is 31.2. The number of hydrogen-bond donors (Lipinski definition) is 4. The molecule has 0 aliphatic heterocycles. The molecule has 0 spiro atoms. The van der Waals surface area contributed by atoms with Gasteiger partial charge in [0.1, 0.15) is 29.5 Å². The highest BCUT2D eigenvalue weighted by molar-refractivity contribution is 7.60. The molecule has 0 saturated carbocycles. The zero-order valence-corrected chi connectivity index (χ0v) is 20.7. The number of nitrogens with zero attached hydrogens (tertiary/aromatic N) is 4. The zero-order chi connectivity index (χ0) is 25.8. The molecule has 0 aliphatic carbocycles. The number of hydrogen-bond acceptors (Lipinski definition) is 9. The molecule has 0 bridgehead atoms. The van der Waals surface area contributed by atoms with Crippen LogP contribution in [-0.2, 0) is 20.6 Å². The molecule has 0 fully saturated rings. The Morgan fingerprint density at radius 2 is 1.97 bits per heavy atom. The van der Waals surface area contributed by atoms with E-state index < -0.39 is 37.3 Å². The van der Waals surface area contributed by atoms with Gasteiger partial charge in [-0.15, -0.1) is 0 Å². The van der Waals surface area contributed by atoms with Crippen LogP contribution in [0.1, 0.15) is 31.1 Å². The van der Waals surface area contributed by atoms with Gasteiger partial charge in [0.25, 0.3) is 13.4 Å². The summed E-state index contributed by atoms with van der Waals surface area (Å²) in [5, 5.41) is 14.5. The van der Waals surface area contributed by atoms with Crippen molar-refractivity contribution in [3.8, 4) is 5.75 Å². The highest BCUT2D eigenvalue weighted by Crippen LogP contribution is 2.40. The van der Waals surface area contributed by atoms with Gasteiger partial charge in [-0.25, -0.2) is 20.0 Å². The van der Waals surface area contributed by atoms with Crippen molar-refractivity contribution >= 4 is 36.3 Å². The SMILES string of the molecule is COc1ccccc1C(=O)N[P@](=O)(CO[C@H](C)Cn1cnc2c(N)ncnc21)NC(C)(C)C(=O)O. The first-order valence-corrected chi connectivity index (χ1v) is 12.5. The number of imidazole rings is 1. The lowest BCUT2D eigenvalue weighted by Gasteiger charge is -2.29. The fourth-order valence-electron chi connectivity index (χ4n) is 3.24. The zero-order valence-electron chi connectivity index (χ0n) is 19.8. The number of carbonyl (C=O) groups is 2. The Morgan fingerprint density at radius 3 is 2.66 bits per heavy atom. The number of nitrogens with one attached hydrogen (secondary N) is 2. The van der Waals surface area contributed by atoms with Crippen molar-refractivity contribution in [1.82, 2.24) is 29.7 Å². The van der Waals surface area contributed by atoms with E-state index >= 15 is 0 Å². The van der Waals surface area contributed by atoms with Crippen molar-refractivity contribution in [3.63, 3.8) is 0 Å². The van der Waals surface area contributed by atoms with Crippen molar-refractivity contribution < 1.29 is 28.7 Å². The average Bonchev–Trinajstić information content (AvgIpc) is 3.21. The molecule has 1 aromatic carbocycles. The van der Waals surface area contributed by atoms with Crippen molar-refractivity contribution in [3.05, 3.63) is 42.5 Å². The van der Waals surface area contributed by atoms with E-state index in [0.717, 1.165) is 0 Å². The first kappa shape index (κ1) is 26.1. The third-order valence-corrected chi connectivity index (χ3v) is 7.05. The normalized spacial score (nSPS) is 14.3. The lowest BCUT2D eigenvalue weighted by Crippen LogP contribution is -2.48. The number of benzene rings is 1. The van der Waals surface area contributed by atoms with Gasteiger partial charge >= 0.3 is 5.97 Å². The fourth-order valence-corrected chi connectivity index (χ4v) is 5.34. The van der Waals surface area contributed by atoms with Crippen LogP contribution in [0, 0.1) is 0 Å². The quantitative estimate of drug-likeness (QED) is 0.279. The number of fused-ring (bicyclic) bond motifs is 1. The van der Waals surface area contributed by atoms with Crippen LogP contribution in [0.5, 0.6) is 5.75 Å². The second kappa shape index (κ2) is 10.4. The van der Waals surface area contributed by atoms with Crippen LogP contribution in [0.4, 0.5) is 5.82 Å². The Labute approximate surface area is 201 Å². The predicted molar refractivity (Wildman–Crippen MR) is 128 cm³/mol. The summed E-state index contributed by atoms with van der Waals surface area (Å²) in [6.45, 7) is 4.67. The second-order valence-corrected chi connectivity index (χ2v) is 10.5. The second-order valence-electron chi connectivity index (χ2n) is 8.36. The van der Waals surface area contributed by atoms with Crippen molar-refractivity contribution in [2.75, 3.05) is 19.2 Å². The first-order chi connectivity index (χ1) is 16.5. The van der Waals surface area contributed by atoms with Gasteiger partial charge in [0.15, 0.2) is 11.5 Å². The number of ether oxygens (including phenoxy) is 2. The van der Waals surface area contributed by atoms with Crippen LogP contribution in [-0.4, -0.2) is 61.6 Å². The van der Waals surface area contributed by atoms with Gasteiger partial charge in [-0.2, -0.15) is 0 Å². The smallest absolute Gasteiger partial charge is 0.323 e. The molecule has 0 unspecified atom stereocenters. The van der Waals surface area contributed by atoms with Gasteiger partial charge in [0.2, 0.25) is 0 Å². The van der Waals surface area contributed by atoms with Crippen molar-refractivity contribution in [2.24, 2.45) is 0 Å². The molecule has 5 N–H and O–H groups in total. The largest absolute Gasteiger partial charge is 0.496 e. The Bertz CT molecular complexity index is 1280. The maximum atomic E-state index is 13.8. The van der Waals surface area contributed by atoms with Gasteiger partial charge in [0, 0.05) is 0 Å². The van der Waals surface area contributed by atoms with Crippen LogP contribution in [0.3, 0.4) is 0 Å². The average molecular weight is 505 g/mol. The lowest BCUT2D eigenvalue weighted by molar-refractivity contribution is -0.142. The van der Waals surface area contributed by atoms with E-state index in [1.54, 1.807) is 29.7 Å². The summed E-state index contributed by atoms with van der Waals surface area (Å²) in [4.78, 5) is 36.9. The van der Waals surface area contributed by atoms with Gasteiger partial charge in [0.05, 0.1) is 31.6 Å². The molecule has 2 heterocycles. The molecule has 3 aromatic rings. The third kappa shape index (κ3) is 6.13. The Morgan fingerprint density at radius 1 is 1.26 bits per heavy atom. The summed E-state index contributed by atoms with van der Waals surface area (Å²) in [5.41, 5.74) is 5.28. The number of nitrogens with two attached hydrogens (primary N) is 1. The number of anilines is 1. The monoisotopic (exact) mass is 505 g/mol. The van der Waals surface area contributed by atoms with Crippen molar-refractivity contribution in [1.29, 1.82) is 0 Å². The molecule has 0 radical (unpaired) electrons. The van der Waals surface area contributed by atoms with Crippen LogP contribution in [0.25, 0.3) is 11.2 Å². The van der Waals surface area contributed by atoms with Crippen LogP contribution in [0.2, 0.25) is 0 Å². The minimum absolute atomic E-state index is 0.139. The minimum Gasteiger partial charge on any atom is -0.496 e. The number of carboxylic acids is 1. The number of aromatic nitrogens is 4. The number of carboxylic acid groups (broad SMARTS) is 1. The molecule has 13 nitrogen and oxygen atoms in total. The van der Waals surface area contributed by atoms with Gasteiger partial charge in [-0.05, 0) is 32.9 Å². The van der Waals surface area contributed by atoms with E-state index in [4.69, 9.17) is 15.2 Å². The van der Waals surface area contributed by atoms with E-state index in [1.807, 2.05) is 0 Å². The molecule has 0 saturated heterocycles. The number of para-hydroxylation sites is 1. The number of rotatable bonds is 11. The number of nitrogen functional groups attached to an aromatic ring is 1. The standard InChI is InChI=1S/C21H28N7O6P/c1-13(9-28-11-25-16-17(22)23-10-24-18(16)28)34-12-35(32,27-21(2,3)20(30)31)26-19(29)14-7-5-6-8-15(14)33-4/h5-8,10-11,13H,9,12H2,1-4H3,(H,30,31)(H2,22,23,24)(H2,26,27,29,32)/t13-,35-/m1/s1.